The molecule has 0 heterocycles. The van der Waals surface area contributed by atoms with Gasteiger partial charge in [-0.3, -0.25) is 0 Å². The molecule has 1 aromatic rings. The number of rotatable bonds is 6. The van der Waals surface area contributed by atoms with Crippen molar-refractivity contribution in [3.8, 4) is 0 Å². The number of hydrogen-bond acceptors (Lipinski definition) is 4. The third-order valence-corrected chi connectivity index (χ3v) is 2.63. The van der Waals surface area contributed by atoms with Crippen LogP contribution in [0.25, 0.3) is 0 Å². The van der Waals surface area contributed by atoms with Gasteiger partial charge in [0.15, 0.2) is 0 Å². The van der Waals surface area contributed by atoms with Crippen LogP contribution in [0.2, 0.25) is 0 Å². The molecular formula is C14H19NO4. The molecule has 0 aliphatic rings. The molecule has 1 aromatic carbocycles. The average Bonchev–Trinajstić information content (AvgIpc) is 2.36. The van der Waals surface area contributed by atoms with Crippen LogP contribution in [0.1, 0.15) is 31.1 Å². The van der Waals surface area contributed by atoms with Gasteiger partial charge in [-0.2, -0.15) is 0 Å². The minimum atomic E-state index is -0.920. The monoisotopic (exact) mass is 265 g/mol. The van der Waals surface area contributed by atoms with Gasteiger partial charge in [-0.25, -0.2) is 9.59 Å². The smallest absolute Gasteiger partial charge is 0.338 e. The summed E-state index contributed by atoms with van der Waals surface area (Å²) in [5.41, 5.74) is 0.992. The number of nitrogens with one attached hydrogen (secondary N) is 1. The number of carbonyl (C=O) groups excluding carboxylic acids is 1. The van der Waals surface area contributed by atoms with Gasteiger partial charge in [0.2, 0.25) is 0 Å². The van der Waals surface area contributed by atoms with Crippen LogP contribution in [0, 0.1) is 5.92 Å². The molecule has 1 rings (SSSR count). The highest BCUT2D eigenvalue weighted by Crippen LogP contribution is 2.15. The van der Waals surface area contributed by atoms with E-state index >= 15 is 0 Å². The normalized spacial score (nSPS) is 12.0. The minimum absolute atomic E-state index is 0.0660. The molecule has 19 heavy (non-hydrogen) atoms. The van der Waals surface area contributed by atoms with Gasteiger partial charge in [-0.15, -0.1) is 0 Å². The zero-order valence-electron chi connectivity index (χ0n) is 11.3. The van der Waals surface area contributed by atoms with Crippen molar-refractivity contribution in [2.75, 3.05) is 11.9 Å². The van der Waals surface area contributed by atoms with Gasteiger partial charge in [0.25, 0.3) is 0 Å². The molecule has 1 unspecified atom stereocenters. The first-order valence-electron chi connectivity index (χ1n) is 6.22. The van der Waals surface area contributed by atoms with Gasteiger partial charge < -0.3 is 15.2 Å². The van der Waals surface area contributed by atoms with Crippen LogP contribution in [0.4, 0.5) is 5.69 Å². The molecule has 0 aliphatic carbocycles. The number of carboxylic acids is 1. The molecular weight excluding hydrogens is 246 g/mol. The number of ether oxygens (including phenoxy) is 1. The summed E-state index contributed by atoms with van der Waals surface area (Å²) in [5, 5.41) is 12.0. The van der Waals surface area contributed by atoms with Gasteiger partial charge in [0.05, 0.1) is 12.2 Å². The summed E-state index contributed by atoms with van der Waals surface area (Å²) >= 11 is 0. The molecule has 0 saturated heterocycles. The largest absolute Gasteiger partial charge is 0.480 e. The van der Waals surface area contributed by atoms with Gasteiger partial charge in [-0.1, -0.05) is 19.9 Å². The fourth-order valence-electron chi connectivity index (χ4n) is 1.64. The predicted molar refractivity (Wildman–Crippen MR) is 72.3 cm³/mol. The predicted octanol–water partition coefficient (Wildman–Crippen LogP) is 2.38. The van der Waals surface area contributed by atoms with Gasteiger partial charge in [0, 0.05) is 5.69 Å². The second kappa shape index (κ2) is 6.78. The maximum Gasteiger partial charge on any atom is 0.338 e. The second-order valence-electron chi connectivity index (χ2n) is 4.51. The standard InChI is InChI=1S/C14H19NO4/c1-4-19-14(18)10-6-5-7-11(8-10)15-12(9(2)3)13(16)17/h5-9,12,15H,4H2,1-3H3,(H,16,17). The van der Waals surface area contributed by atoms with Crippen molar-refractivity contribution < 1.29 is 19.4 Å². The molecule has 2 N–H and O–H groups in total. The fraction of sp³-hybridized carbons (Fsp3) is 0.429. The number of anilines is 1. The molecule has 1 atom stereocenters. The van der Waals surface area contributed by atoms with Crippen LogP contribution in [0.15, 0.2) is 24.3 Å². The van der Waals surface area contributed by atoms with Gasteiger partial charge in [0.1, 0.15) is 6.04 Å². The summed E-state index contributed by atoms with van der Waals surface area (Å²) in [6.45, 7) is 5.68. The van der Waals surface area contributed by atoms with E-state index in [1.165, 1.54) is 0 Å². The molecule has 0 spiro atoms. The van der Waals surface area contributed by atoms with Gasteiger partial charge >= 0.3 is 11.9 Å². The highest BCUT2D eigenvalue weighted by Gasteiger charge is 2.21. The fourth-order valence-corrected chi connectivity index (χ4v) is 1.64. The molecule has 5 nitrogen and oxygen atoms in total. The third kappa shape index (κ3) is 4.28. The molecule has 0 aromatic heterocycles. The van der Waals surface area contributed by atoms with Crippen molar-refractivity contribution in [3.63, 3.8) is 0 Å². The molecule has 104 valence electrons. The second-order valence-corrected chi connectivity index (χ2v) is 4.51. The summed E-state index contributed by atoms with van der Waals surface area (Å²) in [7, 11) is 0. The molecule has 0 amide bonds. The quantitative estimate of drug-likeness (QED) is 0.772. The van der Waals surface area contributed by atoms with E-state index in [1.54, 1.807) is 31.2 Å². The zero-order chi connectivity index (χ0) is 14.4. The van der Waals surface area contributed by atoms with Crippen LogP contribution >= 0.6 is 0 Å². The Morgan fingerprint density at radius 1 is 1.37 bits per heavy atom. The van der Waals surface area contributed by atoms with E-state index < -0.39 is 18.0 Å². The molecule has 0 fully saturated rings. The number of benzene rings is 1. The Hall–Kier alpha value is -2.04. The number of esters is 1. The van der Waals surface area contributed by atoms with Crippen molar-refractivity contribution in [2.45, 2.75) is 26.8 Å². The van der Waals surface area contributed by atoms with E-state index in [1.807, 2.05) is 13.8 Å². The highest BCUT2D eigenvalue weighted by atomic mass is 16.5. The van der Waals surface area contributed by atoms with Crippen LogP contribution in [-0.4, -0.2) is 29.7 Å². The maximum atomic E-state index is 11.6. The Morgan fingerprint density at radius 2 is 2.05 bits per heavy atom. The van der Waals surface area contributed by atoms with Crippen molar-refractivity contribution in [1.82, 2.24) is 0 Å². The lowest BCUT2D eigenvalue weighted by Crippen LogP contribution is -2.34. The van der Waals surface area contributed by atoms with E-state index in [0.717, 1.165) is 0 Å². The van der Waals surface area contributed by atoms with Gasteiger partial charge in [-0.05, 0) is 31.0 Å². The Balaban J connectivity index is 2.87. The first-order valence-corrected chi connectivity index (χ1v) is 6.22. The molecule has 0 bridgehead atoms. The van der Waals surface area contributed by atoms with Crippen LogP contribution in [0.3, 0.4) is 0 Å². The maximum absolute atomic E-state index is 11.6. The lowest BCUT2D eigenvalue weighted by Gasteiger charge is -2.19. The Kier molecular flexibility index (Phi) is 5.36. The summed E-state index contributed by atoms with van der Waals surface area (Å²) in [4.78, 5) is 22.7. The average molecular weight is 265 g/mol. The van der Waals surface area contributed by atoms with Crippen molar-refractivity contribution in [1.29, 1.82) is 0 Å². The first-order chi connectivity index (χ1) is 8.95. The Bertz CT molecular complexity index is 457. The first kappa shape index (κ1) is 15.0. The summed E-state index contributed by atoms with van der Waals surface area (Å²) in [5.74, 6) is -1.40. The van der Waals surface area contributed by atoms with E-state index in [9.17, 15) is 9.59 Å². The number of carbonyl (C=O) groups is 2. The molecule has 0 aliphatic heterocycles. The van der Waals surface area contributed by atoms with E-state index in [-0.39, 0.29) is 5.92 Å². The van der Waals surface area contributed by atoms with Crippen LogP contribution in [0.5, 0.6) is 0 Å². The number of aliphatic carboxylic acids is 1. The topological polar surface area (TPSA) is 75.6 Å². The van der Waals surface area contributed by atoms with Crippen molar-refractivity contribution >= 4 is 17.6 Å². The SMILES string of the molecule is CCOC(=O)c1cccc(NC(C(=O)O)C(C)C)c1. The van der Waals surface area contributed by atoms with Crippen LogP contribution in [-0.2, 0) is 9.53 Å². The zero-order valence-corrected chi connectivity index (χ0v) is 11.3. The molecule has 0 radical (unpaired) electrons. The van der Waals surface area contributed by atoms with Crippen LogP contribution < -0.4 is 5.32 Å². The summed E-state index contributed by atoms with van der Waals surface area (Å²) in [6, 6.07) is 5.94. The van der Waals surface area contributed by atoms with E-state index in [2.05, 4.69) is 5.32 Å². The Morgan fingerprint density at radius 3 is 2.58 bits per heavy atom. The number of carboxylic acid groups (broad SMARTS) is 1. The Labute approximate surface area is 112 Å². The lowest BCUT2D eigenvalue weighted by molar-refractivity contribution is -0.138. The van der Waals surface area contributed by atoms with Crippen molar-refractivity contribution in [2.24, 2.45) is 5.92 Å². The molecule has 0 saturated carbocycles. The summed E-state index contributed by atoms with van der Waals surface area (Å²) < 4.78 is 4.90. The summed E-state index contributed by atoms with van der Waals surface area (Å²) in [6.07, 6.45) is 0. The number of hydrogen-bond donors (Lipinski definition) is 2. The highest BCUT2D eigenvalue weighted by molar-refractivity contribution is 5.90. The third-order valence-electron chi connectivity index (χ3n) is 2.63. The van der Waals surface area contributed by atoms with E-state index in [4.69, 9.17) is 9.84 Å². The van der Waals surface area contributed by atoms with E-state index in [0.29, 0.717) is 17.9 Å². The molecule has 5 heteroatoms. The minimum Gasteiger partial charge on any atom is -0.480 e. The lowest BCUT2D eigenvalue weighted by atomic mass is 10.0. The van der Waals surface area contributed by atoms with Crippen molar-refractivity contribution in [3.05, 3.63) is 29.8 Å².